The average molecular weight is 362 g/mol. The first kappa shape index (κ1) is 14.4. The van der Waals surface area contributed by atoms with Crippen LogP contribution in [-0.4, -0.2) is 24.8 Å². The summed E-state index contributed by atoms with van der Waals surface area (Å²) in [7, 11) is -2.10. The van der Waals surface area contributed by atoms with Crippen molar-refractivity contribution in [3.05, 3.63) is 39.3 Å². The highest BCUT2D eigenvalue weighted by Crippen LogP contribution is 2.25. The van der Waals surface area contributed by atoms with Crippen molar-refractivity contribution in [3.8, 4) is 0 Å². The van der Waals surface area contributed by atoms with Crippen molar-refractivity contribution in [2.75, 3.05) is 12.8 Å². The molecule has 0 atom stereocenters. The van der Waals surface area contributed by atoms with Gasteiger partial charge in [-0.25, -0.2) is 8.42 Å². The summed E-state index contributed by atoms with van der Waals surface area (Å²) in [6, 6.07) is 3.37. The molecule has 0 aliphatic heterocycles. The highest BCUT2D eigenvalue weighted by molar-refractivity contribution is 9.10. The van der Waals surface area contributed by atoms with Crippen molar-refractivity contribution >= 4 is 43.0 Å². The Morgan fingerprint density at radius 3 is 2.84 bits per heavy atom. The first-order chi connectivity index (χ1) is 8.91. The molecule has 8 heteroatoms. The molecule has 0 aliphatic rings. The number of nitrogen functional groups attached to an aromatic ring is 1. The Morgan fingerprint density at radius 2 is 2.26 bits per heavy atom. The molecule has 0 saturated heterocycles. The minimum Gasteiger partial charge on any atom is -0.398 e. The Labute approximate surface area is 124 Å². The van der Waals surface area contributed by atoms with Crippen molar-refractivity contribution in [1.29, 1.82) is 0 Å². The average Bonchev–Trinajstić information content (AvgIpc) is 2.75. The molecule has 19 heavy (non-hydrogen) atoms. The molecule has 0 fully saturated rings. The second-order valence-corrected chi connectivity index (χ2v) is 7.83. The molecular weight excluding hydrogens is 350 g/mol. The number of sulfonamides is 1. The van der Waals surface area contributed by atoms with Crippen LogP contribution in [0.2, 0.25) is 0 Å². The summed E-state index contributed by atoms with van der Waals surface area (Å²) < 4.78 is 26.9. The van der Waals surface area contributed by atoms with E-state index < -0.39 is 10.0 Å². The molecule has 5 nitrogen and oxygen atoms in total. The van der Waals surface area contributed by atoms with E-state index in [2.05, 4.69) is 20.9 Å². The highest BCUT2D eigenvalue weighted by atomic mass is 79.9. The van der Waals surface area contributed by atoms with E-state index in [4.69, 9.17) is 5.73 Å². The third-order valence-electron chi connectivity index (χ3n) is 2.50. The number of nitrogens with zero attached hydrogens (tertiary/aromatic N) is 2. The van der Waals surface area contributed by atoms with Crippen LogP contribution in [0.1, 0.15) is 4.88 Å². The Bertz CT molecular complexity index is 685. The SMILES string of the molecule is CN(Cc1cc(Br)cs1)S(=O)(=O)c1cnccc1N. The fourth-order valence-corrected chi connectivity index (χ4v) is 4.31. The van der Waals surface area contributed by atoms with Crippen LogP contribution in [0.15, 0.2) is 39.3 Å². The number of halogens is 1. The molecule has 2 rings (SSSR count). The van der Waals surface area contributed by atoms with Crippen LogP contribution in [0.5, 0.6) is 0 Å². The van der Waals surface area contributed by atoms with Crippen LogP contribution in [0, 0.1) is 0 Å². The molecule has 0 radical (unpaired) electrons. The number of pyridine rings is 1. The predicted octanol–water partition coefficient (Wildman–Crippen LogP) is 2.31. The number of aromatic nitrogens is 1. The van der Waals surface area contributed by atoms with Gasteiger partial charge in [-0.15, -0.1) is 11.3 Å². The molecule has 2 N–H and O–H groups in total. The van der Waals surface area contributed by atoms with Crippen LogP contribution in [-0.2, 0) is 16.6 Å². The lowest BCUT2D eigenvalue weighted by Crippen LogP contribution is -2.27. The minimum absolute atomic E-state index is 0.0353. The van der Waals surface area contributed by atoms with E-state index in [1.54, 1.807) is 0 Å². The maximum Gasteiger partial charge on any atom is 0.246 e. The van der Waals surface area contributed by atoms with Gasteiger partial charge in [0.15, 0.2) is 0 Å². The molecule has 0 aromatic carbocycles. The summed E-state index contributed by atoms with van der Waals surface area (Å²) in [4.78, 5) is 4.79. The maximum atomic E-state index is 12.4. The monoisotopic (exact) mass is 361 g/mol. The second-order valence-electron chi connectivity index (χ2n) is 3.91. The minimum atomic E-state index is -3.62. The fraction of sp³-hybridized carbons (Fsp3) is 0.182. The largest absolute Gasteiger partial charge is 0.398 e. The van der Waals surface area contributed by atoms with E-state index in [1.807, 2.05) is 11.4 Å². The van der Waals surface area contributed by atoms with E-state index in [0.29, 0.717) is 6.54 Å². The van der Waals surface area contributed by atoms with E-state index in [0.717, 1.165) is 9.35 Å². The Morgan fingerprint density at radius 1 is 1.53 bits per heavy atom. The number of thiophene rings is 1. The Hall–Kier alpha value is -0.960. The molecule has 0 saturated carbocycles. The molecular formula is C11H12BrN3O2S2. The lowest BCUT2D eigenvalue weighted by molar-refractivity contribution is 0.469. The molecule has 0 amide bonds. The van der Waals surface area contributed by atoms with Crippen LogP contribution < -0.4 is 5.73 Å². The van der Waals surface area contributed by atoms with Crippen LogP contribution >= 0.6 is 27.3 Å². The third kappa shape index (κ3) is 3.14. The van der Waals surface area contributed by atoms with Crippen molar-refractivity contribution in [1.82, 2.24) is 9.29 Å². The summed E-state index contributed by atoms with van der Waals surface area (Å²) in [5, 5.41) is 1.91. The molecule has 2 heterocycles. The fourth-order valence-electron chi connectivity index (χ4n) is 1.52. The number of hydrogen-bond acceptors (Lipinski definition) is 5. The molecule has 0 bridgehead atoms. The first-order valence-corrected chi connectivity index (χ1v) is 8.41. The van der Waals surface area contributed by atoms with Gasteiger partial charge in [-0.1, -0.05) is 0 Å². The number of anilines is 1. The van der Waals surface area contributed by atoms with Gasteiger partial charge in [0.1, 0.15) is 4.90 Å². The molecule has 0 aliphatic carbocycles. The van der Waals surface area contributed by atoms with Gasteiger partial charge in [0, 0.05) is 40.7 Å². The van der Waals surface area contributed by atoms with Gasteiger partial charge in [-0.05, 0) is 28.1 Å². The van der Waals surface area contributed by atoms with Gasteiger partial charge in [0.25, 0.3) is 0 Å². The zero-order chi connectivity index (χ0) is 14.0. The van der Waals surface area contributed by atoms with E-state index in [9.17, 15) is 8.42 Å². The van der Waals surface area contributed by atoms with Crippen molar-refractivity contribution in [2.45, 2.75) is 11.4 Å². The predicted molar refractivity (Wildman–Crippen MR) is 79.3 cm³/mol. The van der Waals surface area contributed by atoms with Crippen LogP contribution in [0.4, 0.5) is 5.69 Å². The van der Waals surface area contributed by atoms with E-state index in [1.165, 1.54) is 41.1 Å². The molecule has 2 aromatic rings. The summed E-state index contributed by atoms with van der Waals surface area (Å²) >= 11 is 4.84. The van der Waals surface area contributed by atoms with Gasteiger partial charge in [-0.3, -0.25) is 4.98 Å². The van der Waals surface area contributed by atoms with Crippen molar-refractivity contribution < 1.29 is 8.42 Å². The lowest BCUT2D eigenvalue weighted by atomic mass is 10.4. The molecule has 2 aromatic heterocycles. The summed E-state index contributed by atoms with van der Waals surface area (Å²) in [6.45, 7) is 0.299. The smallest absolute Gasteiger partial charge is 0.246 e. The normalized spacial score (nSPS) is 11.9. The quantitative estimate of drug-likeness (QED) is 0.906. The zero-order valence-corrected chi connectivity index (χ0v) is 13.3. The highest BCUT2D eigenvalue weighted by Gasteiger charge is 2.23. The standard InChI is InChI=1S/C11H12BrN3O2S2/c1-15(6-9-4-8(12)7-18-9)19(16,17)11-5-14-3-2-10(11)13/h2-5,7H,6H2,1H3,(H2,13,14). The first-order valence-electron chi connectivity index (χ1n) is 5.30. The van der Waals surface area contributed by atoms with Crippen molar-refractivity contribution in [2.24, 2.45) is 0 Å². The molecule has 0 unspecified atom stereocenters. The number of nitrogens with two attached hydrogens (primary N) is 1. The summed E-state index contributed by atoms with van der Waals surface area (Å²) in [5.41, 5.74) is 5.89. The van der Waals surface area contributed by atoms with Crippen molar-refractivity contribution in [3.63, 3.8) is 0 Å². The van der Waals surface area contributed by atoms with Crippen LogP contribution in [0.25, 0.3) is 0 Å². The number of rotatable bonds is 4. The third-order valence-corrected chi connectivity index (χ3v) is 6.03. The van der Waals surface area contributed by atoms with Gasteiger partial charge >= 0.3 is 0 Å². The number of hydrogen-bond donors (Lipinski definition) is 1. The topological polar surface area (TPSA) is 76.3 Å². The summed E-state index contributed by atoms with van der Waals surface area (Å²) in [6.07, 6.45) is 2.73. The second kappa shape index (κ2) is 5.58. The van der Waals surface area contributed by atoms with Gasteiger partial charge < -0.3 is 5.73 Å². The molecule has 102 valence electrons. The lowest BCUT2D eigenvalue weighted by Gasteiger charge is -2.17. The van der Waals surface area contributed by atoms with Gasteiger partial charge in [0.05, 0.1) is 5.69 Å². The van der Waals surface area contributed by atoms with Gasteiger partial charge in [-0.2, -0.15) is 4.31 Å². The Kier molecular flexibility index (Phi) is 4.24. The molecule has 0 spiro atoms. The Balaban J connectivity index is 2.27. The maximum absolute atomic E-state index is 12.4. The zero-order valence-electron chi connectivity index (χ0n) is 10.1. The van der Waals surface area contributed by atoms with Crippen LogP contribution in [0.3, 0.4) is 0 Å². The van der Waals surface area contributed by atoms with Gasteiger partial charge in [0.2, 0.25) is 10.0 Å². The van der Waals surface area contributed by atoms with E-state index in [-0.39, 0.29) is 10.6 Å². The van der Waals surface area contributed by atoms with E-state index >= 15 is 0 Å². The summed E-state index contributed by atoms with van der Waals surface area (Å²) in [5.74, 6) is 0.